The highest BCUT2D eigenvalue weighted by Crippen LogP contribution is 2.36. The fraction of sp³-hybridized carbons (Fsp3) is 0.200. The molecule has 0 fully saturated rings. The molecule has 1 aliphatic rings. The molecule has 2 heterocycles. The summed E-state index contributed by atoms with van der Waals surface area (Å²) in [6.45, 7) is 1.90. The predicted molar refractivity (Wildman–Crippen MR) is 153 cm³/mol. The van der Waals surface area contributed by atoms with Gasteiger partial charge in [-0.3, -0.25) is 19.6 Å². The van der Waals surface area contributed by atoms with Crippen molar-refractivity contribution in [2.45, 2.75) is 32.2 Å². The molecule has 1 aliphatic carbocycles. The normalized spacial score (nSPS) is 15.3. The fourth-order valence-corrected chi connectivity index (χ4v) is 6.42. The minimum Gasteiger partial charge on any atom is -0.309 e. The summed E-state index contributed by atoms with van der Waals surface area (Å²) in [6, 6.07) is 24.6. The lowest BCUT2D eigenvalue weighted by molar-refractivity contribution is -0.384. The smallest absolute Gasteiger partial charge is 0.297 e. The van der Waals surface area contributed by atoms with Crippen molar-refractivity contribution >= 4 is 22.7 Å². The highest BCUT2D eigenvalue weighted by atomic mass is 32.1. The standard InChI is InChI=1S/C30H27N5O3S/c1-20-28(29(36)34(32(20)2)23-13-4-3-5-14-23)31-30-33(26-17-9-11-21-10-6-7-16-25(21)26)27(19-39-30)22-12-8-15-24(18-22)35(37)38/h3-8,10,12-16,18-19,26H,9,11,17H2,1-2H3. The molecule has 39 heavy (non-hydrogen) atoms. The average molecular weight is 538 g/mol. The van der Waals surface area contributed by atoms with E-state index in [0.29, 0.717) is 10.5 Å². The first-order chi connectivity index (χ1) is 18.9. The van der Waals surface area contributed by atoms with Crippen LogP contribution >= 0.6 is 11.3 Å². The summed E-state index contributed by atoms with van der Waals surface area (Å²) in [7, 11) is 1.86. The number of nitro benzene ring substituents is 1. The summed E-state index contributed by atoms with van der Waals surface area (Å²) in [5, 5.41) is 13.5. The third-order valence-electron chi connectivity index (χ3n) is 7.48. The monoisotopic (exact) mass is 537 g/mol. The Morgan fingerprint density at radius 2 is 1.79 bits per heavy atom. The van der Waals surface area contributed by atoms with Gasteiger partial charge in [0.15, 0.2) is 10.5 Å². The third kappa shape index (κ3) is 4.34. The predicted octanol–water partition coefficient (Wildman–Crippen LogP) is 6.08. The molecule has 6 rings (SSSR count). The van der Waals surface area contributed by atoms with E-state index >= 15 is 0 Å². The molecule has 8 nitrogen and oxygen atoms in total. The van der Waals surface area contributed by atoms with Crippen LogP contribution in [0, 0.1) is 17.0 Å². The topological polar surface area (TPSA) is 87.4 Å². The Labute approximate surface area is 228 Å². The van der Waals surface area contributed by atoms with E-state index in [0.717, 1.165) is 41.9 Å². The van der Waals surface area contributed by atoms with Crippen molar-refractivity contribution in [1.29, 1.82) is 0 Å². The molecule has 1 unspecified atom stereocenters. The summed E-state index contributed by atoms with van der Waals surface area (Å²) in [5.41, 5.74) is 5.87. The molecule has 0 saturated carbocycles. The fourth-order valence-electron chi connectivity index (χ4n) is 5.47. The Kier molecular flexibility index (Phi) is 6.36. The maximum atomic E-state index is 13.7. The number of aryl methyl sites for hydroxylation is 1. The Morgan fingerprint density at radius 1 is 1.03 bits per heavy atom. The van der Waals surface area contributed by atoms with E-state index in [1.165, 1.54) is 28.5 Å². The number of thiazole rings is 1. The number of nitro groups is 1. The lowest BCUT2D eigenvalue weighted by Crippen LogP contribution is -2.26. The highest BCUT2D eigenvalue weighted by Gasteiger charge is 2.26. The molecule has 0 spiro atoms. The van der Waals surface area contributed by atoms with E-state index in [-0.39, 0.29) is 22.2 Å². The number of hydrogen-bond donors (Lipinski definition) is 0. The van der Waals surface area contributed by atoms with Crippen molar-refractivity contribution < 1.29 is 4.92 Å². The van der Waals surface area contributed by atoms with Gasteiger partial charge in [-0.05, 0) is 49.4 Å². The Morgan fingerprint density at radius 3 is 2.59 bits per heavy atom. The van der Waals surface area contributed by atoms with E-state index < -0.39 is 0 Å². The lowest BCUT2D eigenvalue weighted by atomic mass is 9.87. The summed E-state index contributed by atoms with van der Waals surface area (Å²) >= 11 is 1.45. The molecule has 0 saturated heterocycles. The van der Waals surface area contributed by atoms with E-state index in [4.69, 9.17) is 4.99 Å². The number of para-hydroxylation sites is 1. The van der Waals surface area contributed by atoms with Crippen LogP contribution in [0.2, 0.25) is 0 Å². The average Bonchev–Trinajstić information content (AvgIpc) is 3.47. The summed E-state index contributed by atoms with van der Waals surface area (Å²) in [5.74, 6) is 0. The molecule has 2 aromatic heterocycles. The molecule has 0 bridgehead atoms. The highest BCUT2D eigenvalue weighted by molar-refractivity contribution is 7.07. The summed E-state index contributed by atoms with van der Waals surface area (Å²) < 4.78 is 5.62. The van der Waals surface area contributed by atoms with Crippen molar-refractivity contribution in [3.63, 3.8) is 0 Å². The maximum absolute atomic E-state index is 13.7. The van der Waals surface area contributed by atoms with Crippen LogP contribution in [-0.4, -0.2) is 18.9 Å². The number of rotatable bonds is 5. The molecule has 0 aliphatic heterocycles. The van der Waals surface area contributed by atoms with Gasteiger partial charge in [0.1, 0.15) is 0 Å². The number of benzene rings is 3. The Balaban J connectivity index is 1.60. The van der Waals surface area contributed by atoms with Crippen LogP contribution in [0.5, 0.6) is 0 Å². The van der Waals surface area contributed by atoms with Gasteiger partial charge in [-0.2, -0.15) is 0 Å². The van der Waals surface area contributed by atoms with Gasteiger partial charge < -0.3 is 4.57 Å². The van der Waals surface area contributed by atoms with Crippen LogP contribution in [0.3, 0.4) is 0 Å². The molecule has 3 aromatic carbocycles. The number of nitrogens with zero attached hydrogens (tertiary/aromatic N) is 5. The summed E-state index contributed by atoms with van der Waals surface area (Å²) in [4.78, 5) is 30.5. The van der Waals surface area contributed by atoms with Crippen molar-refractivity contribution in [1.82, 2.24) is 13.9 Å². The third-order valence-corrected chi connectivity index (χ3v) is 8.31. The SMILES string of the molecule is Cc1c(N=c2scc(-c3cccc([N+](=O)[O-])c3)n2C2CCCc3ccccc32)c(=O)n(-c2ccccc2)n1C. The lowest BCUT2D eigenvalue weighted by Gasteiger charge is -2.28. The number of non-ortho nitro benzene ring substituents is 1. The van der Waals surface area contributed by atoms with E-state index in [1.807, 2.05) is 66.5 Å². The van der Waals surface area contributed by atoms with Crippen LogP contribution in [0.1, 0.15) is 35.7 Å². The molecule has 5 aromatic rings. The maximum Gasteiger partial charge on any atom is 0.297 e. The van der Waals surface area contributed by atoms with Gasteiger partial charge in [0.25, 0.3) is 11.2 Å². The van der Waals surface area contributed by atoms with Gasteiger partial charge >= 0.3 is 0 Å². The van der Waals surface area contributed by atoms with Crippen LogP contribution in [0.15, 0.2) is 94.0 Å². The van der Waals surface area contributed by atoms with E-state index in [9.17, 15) is 14.9 Å². The van der Waals surface area contributed by atoms with Crippen LogP contribution in [0.4, 0.5) is 11.4 Å². The number of hydrogen-bond acceptors (Lipinski definition) is 5. The zero-order chi connectivity index (χ0) is 27.1. The second kappa shape index (κ2) is 9.99. The zero-order valence-corrected chi connectivity index (χ0v) is 22.5. The van der Waals surface area contributed by atoms with Gasteiger partial charge in [-0.1, -0.05) is 54.6 Å². The van der Waals surface area contributed by atoms with Crippen molar-refractivity contribution in [3.05, 3.63) is 126 Å². The number of fused-ring (bicyclic) bond motifs is 1. The van der Waals surface area contributed by atoms with Crippen LogP contribution in [0.25, 0.3) is 16.9 Å². The Bertz CT molecular complexity index is 1830. The quantitative estimate of drug-likeness (QED) is 0.201. The van der Waals surface area contributed by atoms with Crippen LogP contribution in [-0.2, 0) is 13.5 Å². The Hall–Kier alpha value is -4.50. The van der Waals surface area contributed by atoms with Gasteiger partial charge in [0.2, 0.25) is 0 Å². The molecule has 1 atom stereocenters. The van der Waals surface area contributed by atoms with E-state index in [2.05, 4.69) is 22.8 Å². The van der Waals surface area contributed by atoms with Crippen molar-refractivity contribution in [2.75, 3.05) is 0 Å². The molecule has 0 amide bonds. The molecular weight excluding hydrogens is 510 g/mol. The molecule has 196 valence electrons. The van der Waals surface area contributed by atoms with Crippen LogP contribution < -0.4 is 10.4 Å². The zero-order valence-electron chi connectivity index (χ0n) is 21.7. The molecule has 0 radical (unpaired) electrons. The first-order valence-electron chi connectivity index (χ1n) is 12.9. The van der Waals surface area contributed by atoms with Crippen molar-refractivity contribution in [3.8, 4) is 16.9 Å². The summed E-state index contributed by atoms with van der Waals surface area (Å²) in [6.07, 6.45) is 2.93. The first-order valence-corrected chi connectivity index (χ1v) is 13.7. The van der Waals surface area contributed by atoms with Crippen molar-refractivity contribution in [2.24, 2.45) is 12.0 Å². The second-order valence-electron chi connectivity index (χ2n) is 9.71. The molecule has 0 N–H and O–H groups in total. The minimum atomic E-state index is -0.374. The van der Waals surface area contributed by atoms with Gasteiger partial charge in [-0.15, -0.1) is 11.3 Å². The number of aromatic nitrogens is 3. The molecular formula is C30H27N5O3S. The van der Waals surface area contributed by atoms with Gasteiger partial charge in [0.05, 0.1) is 28.0 Å². The largest absolute Gasteiger partial charge is 0.309 e. The molecule has 9 heteroatoms. The minimum absolute atomic E-state index is 0.00502. The second-order valence-corrected chi connectivity index (χ2v) is 10.5. The van der Waals surface area contributed by atoms with Gasteiger partial charge in [0, 0.05) is 30.1 Å². The van der Waals surface area contributed by atoms with Gasteiger partial charge in [-0.25, -0.2) is 9.67 Å². The van der Waals surface area contributed by atoms with E-state index in [1.54, 1.807) is 16.8 Å². The first kappa shape index (κ1) is 24.8.